The van der Waals surface area contributed by atoms with Crippen molar-refractivity contribution in [3.63, 3.8) is 0 Å². The van der Waals surface area contributed by atoms with Crippen molar-refractivity contribution in [2.75, 3.05) is 44.9 Å². The largest absolute Gasteiger partial charge is 0.497 e. The van der Waals surface area contributed by atoms with Crippen molar-refractivity contribution in [2.24, 2.45) is 0 Å². The Bertz CT molecular complexity index is 1450. The maximum absolute atomic E-state index is 14.0. The predicted molar refractivity (Wildman–Crippen MR) is 136 cm³/mol. The Morgan fingerprint density at radius 2 is 1.84 bits per heavy atom. The summed E-state index contributed by atoms with van der Waals surface area (Å²) in [7, 11) is -1.52. The minimum Gasteiger partial charge on any atom is -0.497 e. The Balaban J connectivity index is 1.43. The van der Waals surface area contributed by atoms with Gasteiger partial charge in [0.1, 0.15) is 5.75 Å². The average Bonchev–Trinajstić information content (AvgIpc) is 3.61. The lowest BCUT2D eigenvalue weighted by atomic mass is 10.0. The smallest absolute Gasteiger partial charge is 0.254 e. The molecule has 0 bridgehead atoms. The Morgan fingerprint density at radius 1 is 1.14 bits per heavy atom. The Morgan fingerprint density at radius 3 is 2.46 bits per heavy atom. The zero-order valence-electron chi connectivity index (χ0n) is 21.0. The van der Waals surface area contributed by atoms with Crippen LogP contribution in [0.25, 0.3) is 22.3 Å². The molecule has 10 nitrogen and oxygen atoms in total. The minimum atomic E-state index is -3.13. The molecule has 1 spiro atoms. The van der Waals surface area contributed by atoms with Crippen molar-refractivity contribution < 1.29 is 27.4 Å². The van der Waals surface area contributed by atoms with E-state index in [1.54, 1.807) is 11.8 Å². The number of piperidine rings is 1. The van der Waals surface area contributed by atoms with Crippen LogP contribution >= 0.6 is 0 Å². The molecule has 37 heavy (non-hydrogen) atoms. The summed E-state index contributed by atoms with van der Waals surface area (Å²) in [6.45, 7) is 4.06. The molecule has 3 saturated heterocycles. The van der Waals surface area contributed by atoms with Crippen LogP contribution in [-0.2, 0) is 19.3 Å². The molecule has 1 amide bonds. The molecule has 6 rings (SSSR count). The van der Waals surface area contributed by atoms with Crippen molar-refractivity contribution in [3.8, 4) is 17.0 Å². The van der Waals surface area contributed by atoms with Gasteiger partial charge in [0.05, 0.1) is 60.2 Å². The second kappa shape index (κ2) is 9.07. The van der Waals surface area contributed by atoms with Gasteiger partial charge in [-0.15, -0.1) is 0 Å². The summed E-state index contributed by atoms with van der Waals surface area (Å²) in [5, 5.41) is 5.37. The summed E-state index contributed by atoms with van der Waals surface area (Å²) in [5.41, 5.74) is 3.16. The first-order valence-corrected chi connectivity index (χ1v) is 14.4. The first-order chi connectivity index (χ1) is 17.8. The fourth-order valence-corrected chi connectivity index (χ4v) is 7.31. The van der Waals surface area contributed by atoms with Gasteiger partial charge >= 0.3 is 0 Å². The second-order valence-corrected chi connectivity index (χ2v) is 12.2. The maximum Gasteiger partial charge on any atom is 0.254 e. The highest BCUT2D eigenvalue weighted by Crippen LogP contribution is 2.35. The number of fused-ring (bicyclic) bond motifs is 1. The van der Waals surface area contributed by atoms with Crippen LogP contribution in [0.2, 0.25) is 0 Å². The molecule has 1 aromatic carbocycles. The van der Waals surface area contributed by atoms with E-state index in [4.69, 9.17) is 24.3 Å². The molecule has 2 aromatic heterocycles. The van der Waals surface area contributed by atoms with E-state index < -0.39 is 15.6 Å². The molecular weight excluding hydrogens is 496 g/mol. The normalized spacial score (nSPS) is 22.6. The predicted octanol–water partition coefficient (Wildman–Crippen LogP) is 2.75. The molecule has 3 aromatic rings. The molecule has 0 aliphatic carbocycles. The van der Waals surface area contributed by atoms with Gasteiger partial charge < -0.3 is 19.1 Å². The second-order valence-electron chi connectivity index (χ2n) is 9.97. The van der Waals surface area contributed by atoms with Crippen LogP contribution in [0.15, 0.2) is 30.3 Å². The van der Waals surface area contributed by atoms with Gasteiger partial charge in [-0.3, -0.25) is 4.79 Å². The lowest BCUT2D eigenvalue weighted by molar-refractivity contribution is -0.181. The monoisotopic (exact) mass is 526 g/mol. The molecule has 1 unspecified atom stereocenters. The highest BCUT2D eigenvalue weighted by Gasteiger charge is 2.41. The standard InChI is InChI=1S/C26H30N4O6S/c1-17-23-21(25(31)29-10-8-26(9-11-29)35-12-13-36-26)15-22(18-3-5-20(34-2)6-4-18)27-24(23)30(28-17)19-7-14-37(32,33)16-19/h3-6,15,19H,7-14,16H2,1-2H3. The highest BCUT2D eigenvalue weighted by molar-refractivity contribution is 7.91. The van der Waals surface area contributed by atoms with Gasteiger partial charge in [-0.1, -0.05) is 0 Å². The molecule has 1 atom stereocenters. The van der Waals surface area contributed by atoms with Crippen LogP contribution in [0.4, 0.5) is 0 Å². The van der Waals surface area contributed by atoms with Crippen LogP contribution in [0.3, 0.4) is 0 Å². The Kier molecular flexibility index (Phi) is 5.96. The number of hydrogen-bond donors (Lipinski definition) is 0. The molecule has 3 aliphatic heterocycles. The number of rotatable bonds is 4. The number of aryl methyl sites for hydroxylation is 1. The highest BCUT2D eigenvalue weighted by atomic mass is 32.2. The summed E-state index contributed by atoms with van der Waals surface area (Å²) in [6.07, 6.45) is 1.72. The molecular formula is C26H30N4O6S. The van der Waals surface area contributed by atoms with Gasteiger partial charge in [0.15, 0.2) is 21.3 Å². The lowest BCUT2D eigenvalue weighted by Gasteiger charge is -2.37. The Labute approximate surface area is 215 Å². The molecule has 196 valence electrons. The number of benzene rings is 1. The van der Waals surface area contributed by atoms with Crippen LogP contribution in [0.1, 0.15) is 41.4 Å². The van der Waals surface area contributed by atoms with Gasteiger partial charge in [-0.2, -0.15) is 5.10 Å². The van der Waals surface area contributed by atoms with Crippen molar-refractivity contribution >= 4 is 26.8 Å². The average molecular weight is 527 g/mol. The third-order valence-electron chi connectivity index (χ3n) is 7.63. The van der Waals surface area contributed by atoms with Crippen LogP contribution in [0, 0.1) is 6.92 Å². The summed E-state index contributed by atoms with van der Waals surface area (Å²) < 4.78 is 43.2. The maximum atomic E-state index is 14.0. The number of methoxy groups -OCH3 is 1. The first kappa shape index (κ1) is 24.3. The summed E-state index contributed by atoms with van der Waals surface area (Å²) in [4.78, 5) is 20.7. The van der Waals surface area contributed by atoms with E-state index in [1.165, 1.54) is 0 Å². The van der Waals surface area contributed by atoms with E-state index in [-0.39, 0.29) is 23.5 Å². The summed E-state index contributed by atoms with van der Waals surface area (Å²) in [6, 6.07) is 9.00. The number of likely N-dealkylation sites (tertiary alicyclic amines) is 1. The molecule has 3 aliphatic rings. The fraction of sp³-hybridized carbons (Fsp3) is 0.500. The Hall–Kier alpha value is -3.02. The molecule has 11 heteroatoms. The first-order valence-electron chi connectivity index (χ1n) is 12.6. The number of carbonyl (C=O) groups excluding carboxylic acids is 1. The number of pyridine rings is 1. The molecule has 3 fully saturated rings. The van der Waals surface area contributed by atoms with E-state index in [2.05, 4.69) is 0 Å². The molecule has 0 saturated carbocycles. The van der Waals surface area contributed by atoms with E-state index in [0.29, 0.717) is 73.6 Å². The lowest BCUT2D eigenvalue weighted by Crippen LogP contribution is -2.47. The van der Waals surface area contributed by atoms with E-state index in [1.807, 2.05) is 42.2 Å². The summed E-state index contributed by atoms with van der Waals surface area (Å²) >= 11 is 0. The van der Waals surface area contributed by atoms with Gasteiger partial charge in [0.2, 0.25) is 0 Å². The zero-order valence-corrected chi connectivity index (χ0v) is 21.8. The number of hydrogen-bond acceptors (Lipinski definition) is 8. The van der Waals surface area contributed by atoms with E-state index in [9.17, 15) is 13.2 Å². The number of ether oxygens (including phenoxy) is 3. The van der Waals surface area contributed by atoms with Crippen molar-refractivity contribution in [1.82, 2.24) is 19.7 Å². The number of amides is 1. The number of aromatic nitrogens is 3. The molecule has 0 radical (unpaired) electrons. The molecule has 5 heterocycles. The number of carbonyl (C=O) groups is 1. The van der Waals surface area contributed by atoms with Gasteiger partial charge in [-0.05, 0) is 43.7 Å². The van der Waals surface area contributed by atoms with Crippen LogP contribution in [0.5, 0.6) is 5.75 Å². The number of nitrogens with zero attached hydrogens (tertiary/aromatic N) is 4. The van der Waals surface area contributed by atoms with Gasteiger partial charge in [0.25, 0.3) is 5.91 Å². The van der Waals surface area contributed by atoms with Gasteiger partial charge in [-0.25, -0.2) is 18.1 Å². The minimum absolute atomic E-state index is 0.0230. The van der Waals surface area contributed by atoms with Crippen LogP contribution < -0.4 is 4.74 Å². The quantitative estimate of drug-likeness (QED) is 0.510. The summed E-state index contributed by atoms with van der Waals surface area (Å²) in [5.74, 6) is 0.193. The number of sulfone groups is 1. The third-order valence-corrected chi connectivity index (χ3v) is 9.38. The van der Waals surface area contributed by atoms with Crippen molar-refractivity contribution in [3.05, 3.63) is 41.6 Å². The fourth-order valence-electron chi connectivity index (χ4n) is 5.62. The van der Waals surface area contributed by atoms with E-state index in [0.717, 1.165) is 11.3 Å². The van der Waals surface area contributed by atoms with Gasteiger partial charge in [0, 0.05) is 31.5 Å². The van der Waals surface area contributed by atoms with Crippen LogP contribution in [-0.4, -0.2) is 84.7 Å². The SMILES string of the molecule is COc1ccc(-c2cc(C(=O)N3CCC4(CC3)OCCO4)c3c(C)nn(C4CCS(=O)(=O)C4)c3n2)cc1. The molecule has 0 N–H and O–H groups in total. The van der Waals surface area contributed by atoms with Crippen molar-refractivity contribution in [1.29, 1.82) is 0 Å². The van der Waals surface area contributed by atoms with E-state index >= 15 is 0 Å². The zero-order chi connectivity index (χ0) is 25.8. The third kappa shape index (κ3) is 4.38. The topological polar surface area (TPSA) is 113 Å². The van der Waals surface area contributed by atoms with Crippen molar-refractivity contribution in [2.45, 2.75) is 38.0 Å².